The number of aliphatic carboxylic acids is 1. The van der Waals surface area contributed by atoms with Crippen LogP contribution in [0.2, 0.25) is 0 Å². The van der Waals surface area contributed by atoms with Crippen LogP contribution in [-0.2, 0) is 11.3 Å². The van der Waals surface area contributed by atoms with Crippen LogP contribution >= 0.6 is 11.3 Å². The molecule has 0 bridgehead atoms. The number of nitrogens with zero attached hydrogens (tertiary/aromatic N) is 1. The highest BCUT2D eigenvalue weighted by molar-refractivity contribution is 7.09. The molecule has 0 aliphatic rings. The van der Waals surface area contributed by atoms with E-state index in [1.165, 1.54) is 4.88 Å². The number of unbranched alkanes of at least 4 members (excludes halogenated alkanes) is 1. The van der Waals surface area contributed by atoms with Gasteiger partial charge < -0.3 is 15.0 Å². The summed E-state index contributed by atoms with van der Waals surface area (Å²) in [5.74, 6) is -0.918. The third-order valence-corrected chi connectivity index (χ3v) is 3.93. The first-order chi connectivity index (χ1) is 10.2. The average molecular weight is 306 g/mol. The lowest BCUT2D eigenvalue weighted by Gasteiger charge is -2.08. The van der Waals surface area contributed by atoms with Crippen molar-refractivity contribution < 1.29 is 14.7 Å². The standard InChI is InChI=1S/C15H18N2O3S/c18-14(19)7-1-2-8-16-15(20)13-6-3-9-17(13)11-12-5-4-10-21-12/h3-6,9-10H,1-2,7-8,11H2,(H,16,20)(H,18,19). The molecule has 0 saturated carbocycles. The van der Waals surface area contributed by atoms with Crippen LogP contribution in [-0.4, -0.2) is 28.1 Å². The normalized spacial score (nSPS) is 10.5. The fourth-order valence-corrected chi connectivity index (χ4v) is 2.72. The molecule has 0 spiro atoms. The first-order valence-electron chi connectivity index (χ1n) is 6.84. The van der Waals surface area contributed by atoms with E-state index in [0.717, 1.165) is 0 Å². The predicted molar refractivity (Wildman–Crippen MR) is 81.7 cm³/mol. The van der Waals surface area contributed by atoms with Gasteiger partial charge >= 0.3 is 5.97 Å². The second kappa shape index (κ2) is 7.64. The molecule has 0 atom stereocenters. The lowest BCUT2D eigenvalue weighted by Crippen LogP contribution is -2.26. The maximum atomic E-state index is 12.1. The van der Waals surface area contributed by atoms with Crippen LogP contribution in [0.1, 0.15) is 34.6 Å². The van der Waals surface area contributed by atoms with Crippen molar-refractivity contribution >= 4 is 23.2 Å². The van der Waals surface area contributed by atoms with Gasteiger partial charge in [-0.2, -0.15) is 0 Å². The van der Waals surface area contributed by atoms with E-state index in [-0.39, 0.29) is 12.3 Å². The molecule has 0 aromatic carbocycles. The molecule has 5 nitrogen and oxygen atoms in total. The molecule has 0 saturated heterocycles. The van der Waals surface area contributed by atoms with Gasteiger partial charge in [0.1, 0.15) is 5.69 Å². The van der Waals surface area contributed by atoms with Crippen molar-refractivity contribution in [3.05, 3.63) is 46.4 Å². The average Bonchev–Trinajstić information content (AvgIpc) is 3.10. The Morgan fingerprint density at radius 1 is 1.24 bits per heavy atom. The summed E-state index contributed by atoms with van der Waals surface area (Å²) in [6, 6.07) is 7.68. The van der Waals surface area contributed by atoms with Gasteiger partial charge in [0, 0.05) is 24.0 Å². The minimum absolute atomic E-state index is 0.119. The van der Waals surface area contributed by atoms with Gasteiger partial charge in [0.25, 0.3) is 5.91 Å². The molecule has 2 rings (SSSR count). The number of hydrogen-bond donors (Lipinski definition) is 2. The molecule has 2 aromatic heterocycles. The predicted octanol–water partition coefficient (Wildman–Crippen LogP) is 2.58. The molecule has 0 aliphatic carbocycles. The van der Waals surface area contributed by atoms with Crippen molar-refractivity contribution in [2.45, 2.75) is 25.8 Å². The molecule has 112 valence electrons. The second-order valence-electron chi connectivity index (χ2n) is 4.71. The van der Waals surface area contributed by atoms with Crippen molar-refractivity contribution in [3.63, 3.8) is 0 Å². The molecule has 0 aliphatic heterocycles. The molecule has 0 radical (unpaired) electrons. The maximum Gasteiger partial charge on any atom is 0.303 e. The van der Waals surface area contributed by atoms with Crippen LogP contribution in [0.15, 0.2) is 35.8 Å². The van der Waals surface area contributed by atoms with E-state index in [1.54, 1.807) is 17.4 Å². The molecule has 1 amide bonds. The lowest BCUT2D eigenvalue weighted by atomic mass is 10.2. The highest BCUT2D eigenvalue weighted by Crippen LogP contribution is 2.13. The summed E-state index contributed by atoms with van der Waals surface area (Å²) in [5.41, 5.74) is 0.627. The van der Waals surface area contributed by atoms with E-state index in [4.69, 9.17) is 5.11 Å². The summed E-state index contributed by atoms with van der Waals surface area (Å²) >= 11 is 1.66. The largest absolute Gasteiger partial charge is 0.481 e. The number of carbonyl (C=O) groups is 2. The van der Waals surface area contributed by atoms with E-state index in [0.29, 0.717) is 31.6 Å². The Morgan fingerprint density at radius 3 is 2.81 bits per heavy atom. The van der Waals surface area contributed by atoms with Gasteiger partial charge in [-0.25, -0.2) is 0 Å². The van der Waals surface area contributed by atoms with Crippen molar-refractivity contribution in [3.8, 4) is 0 Å². The van der Waals surface area contributed by atoms with Gasteiger partial charge in [-0.15, -0.1) is 11.3 Å². The number of amides is 1. The van der Waals surface area contributed by atoms with Crippen molar-refractivity contribution in [1.82, 2.24) is 9.88 Å². The lowest BCUT2D eigenvalue weighted by molar-refractivity contribution is -0.137. The van der Waals surface area contributed by atoms with E-state index in [9.17, 15) is 9.59 Å². The Morgan fingerprint density at radius 2 is 2.10 bits per heavy atom. The zero-order chi connectivity index (χ0) is 15.1. The van der Waals surface area contributed by atoms with Crippen LogP contribution in [0.25, 0.3) is 0 Å². The van der Waals surface area contributed by atoms with Crippen LogP contribution < -0.4 is 5.32 Å². The molecule has 0 unspecified atom stereocenters. The van der Waals surface area contributed by atoms with E-state index in [1.807, 2.05) is 34.3 Å². The number of aromatic nitrogens is 1. The number of carboxylic acids is 1. The molecular weight excluding hydrogens is 288 g/mol. The topological polar surface area (TPSA) is 71.3 Å². The van der Waals surface area contributed by atoms with Gasteiger partial charge in [-0.05, 0) is 36.4 Å². The first kappa shape index (κ1) is 15.3. The number of thiophene rings is 1. The highest BCUT2D eigenvalue weighted by Gasteiger charge is 2.10. The third-order valence-electron chi connectivity index (χ3n) is 3.07. The maximum absolute atomic E-state index is 12.1. The smallest absolute Gasteiger partial charge is 0.303 e. The first-order valence-corrected chi connectivity index (χ1v) is 7.72. The number of nitrogens with one attached hydrogen (secondary N) is 1. The summed E-state index contributed by atoms with van der Waals surface area (Å²) in [4.78, 5) is 23.7. The monoisotopic (exact) mass is 306 g/mol. The third kappa shape index (κ3) is 4.75. The molecule has 2 aromatic rings. The van der Waals surface area contributed by atoms with Crippen LogP contribution in [0.3, 0.4) is 0 Å². The Hall–Kier alpha value is -2.08. The van der Waals surface area contributed by atoms with E-state index in [2.05, 4.69) is 5.32 Å². The number of rotatable bonds is 8. The minimum Gasteiger partial charge on any atom is -0.481 e. The zero-order valence-corrected chi connectivity index (χ0v) is 12.4. The Balaban J connectivity index is 1.82. The molecule has 2 heterocycles. The summed E-state index contributed by atoms with van der Waals surface area (Å²) in [5, 5.41) is 13.4. The van der Waals surface area contributed by atoms with Crippen LogP contribution in [0.4, 0.5) is 0 Å². The number of carbonyl (C=O) groups excluding carboxylic acids is 1. The Labute approximate surface area is 127 Å². The van der Waals surface area contributed by atoms with E-state index >= 15 is 0 Å². The molecule has 21 heavy (non-hydrogen) atoms. The van der Waals surface area contributed by atoms with E-state index < -0.39 is 5.97 Å². The summed E-state index contributed by atoms with van der Waals surface area (Å²) in [7, 11) is 0. The van der Waals surface area contributed by atoms with Gasteiger partial charge in [-0.1, -0.05) is 6.07 Å². The molecule has 0 fully saturated rings. The quantitative estimate of drug-likeness (QED) is 0.736. The van der Waals surface area contributed by atoms with Crippen molar-refractivity contribution in [1.29, 1.82) is 0 Å². The summed E-state index contributed by atoms with van der Waals surface area (Å²) < 4.78 is 1.92. The fraction of sp³-hybridized carbons (Fsp3) is 0.333. The van der Waals surface area contributed by atoms with Crippen molar-refractivity contribution in [2.75, 3.05) is 6.54 Å². The van der Waals surface area contributed by atoms with Gasteiger partial charge in [0.05, 0.1) is 6.54 Å². The molecule has 6 heteroatoms. The number of hydrogen-bond acceptors (Lipinski definition) is 3. The Bertz CT molecular complexity index is 590. The Kier molecular flexibility index (Phi) is 5.57. The van der Waals surface area contributed by atoms with Crippen LogP contribution in [0.5, 0.6) is 0 Å². The summed E-state index contributed by atoms with van der Waals surface area (Å²) in [6.45, 7) is 1.18. The molecule has 2 N–H and O–H groups in total. The highest BCUT2D eigenvalue weighted by atomic mass is 32.1. The zero-order valence-electron chi connectivity index (χ0n) is 11.6. The van der Waals surface area contributed by atoms with Crippen molar-refractivity contribution in [2.24, 2.45) is 0 Å². The number of carboxylic acid groups (broad SMARTS) is 1. The van der Waals surface area contributed by atoms with Gasteiger partial charge in [0.2, 0.25) is 0 Å². The second-order valence-corrected chi connectivity index (χ2v) is 5.74. The SMILES string of the molecule is O=C(O)CCCCNC(=O)c1cccn1Cc1cccs1. The van der Waals surface area contributed by atoms with Crippen LogP contribution in [0, 0.1) is 0 Å². The van der Waals surface area contributed by atoms with Gasteiger partial charge in [0.15, 0.2) is 0 Å². The van der Waals surface area contributed by atoms with Gasteiger partial charge in [-0.3, -0.25) is 9.59 Å². The molecular formula is C15H18N2O3S. The fourth-order valence-electron chi connectivity index (χ4n) is 2.02. The minimum atomic E-state index is -0.800. The summed E-state index contributed by atoms with van der Waals surface area (Å²) in [6.07, 6.45) is 3.28.